The number of nitrogens with zero attached hydrogens (tertiary/aromatic N) is 3. The number of aliphatic hydroxyl groups is 1. The van der Waals surface area contributed by atoms with Crippen molar-refractivity contribution in [1.29, 1.82) is 0 Å². The van der Waals surface area contributed by atoms with Crippen molar-refractivity contribution in [2.24, 2.45) is 11.8 Å². The lowest BCUT2D eigenvalue weighted by molar-refractivity contribution is -0.145. The van der Waals surface area contributed by atoms with Crippen molar-refractivity contribution in [2.75, 3.05) is 37.7 Å². The van der Waals surface area contributed by atoms with E-state index >= 15 is 0 Å². The molecule has 2 aromatic rings. The highest BCUT2D eigenvalue weighted by molar-refractivity contribution is 9.09. The highest BCUT2D eigenvalue weighted by Crippen LogP contribution is 2.69. The molecule has 5 rings (SSSR count). The summed E-state index contributed by atoms with van der Waals surface area (Å²) in [6, 6.07) is 15.2. The molecule has 1 N–H and O–H groups in total. The summed E-state index contributed by atoms with van der Waals surface area (Å²) in [5.74, 6) is -1.28. The molecule has 3 saturated heterocycles. The molecule has 3 aliphatic rings. The van der Waals surface area contributed by atoms with Gasteiger partial charge in [0.25, 0.3) is 0 Å². The summed E-state index contributed by atoms with van der Waals surface area (Å²) in [6.45, 7) is 13.2. The number of carbonyl (C=O) groups excluding carboxylic acids is 3. The number of benzene rings is 2. The largest absolute Gasteiger partial charge is 0.494 e. The molecular formula is C37H46BrN3O5S. The third kappa shape index (κ3) is 6.53. The maximum absolute atomic E-state index is 14.9. The van der Waals surface area contributed by atoms with Gasteiger partial charge in [-0.05, 0) is 49.6 Å². The molecular weight excluding hydrogens is 678 g/mol. The van der Waals surface area contributed by atoms with Crippen LogP contribution in [0.3, 0.4) is 0 Å². The zero-order chi connectivity index (χ0) is 33.7. The van der Waals surface area contributed by atoms with Crippen LogP contribution < -0.4 is 9.64 Å². The summed E-state index contributed by atoms with van der Waals surface area (Å²) in [7, 11) is 0. The summed E-state index contributed by atoms with van der Waals surface area (Å²) in [4.78, 5) is 49.6. The first kappa shape index (κ1) is 35.2. The predicted octanol–water partition coefficient (Wildman–Crippen LogP) is 6.01. The van der Waals surface area contributed by atoms with E-state index in [0.29, 0.717) is 37.6 Å². The molecule has 252 valence electrons. The third-order valence-electron chi connectivity index (χ3n) is 9.67. The number of thioether (sulfide) groups is 1. The van der Waals surface area contributed by atoms with Crippen molar-refractivity contribution in [2.45, 2.75) is 66.4 Å². The second-order valence-corrected chi connectivity index (χ2v) is 15.2. The van der Waals surface area contributed by atoms with Crippen molar-refractivity contribution in [3.05, 3.63) is 85.5 Å². The number of fused-ring (bicyclic) bond motifs is 1. The number of alkyl halides is 1. The van der Waals surface area contributed by atoms with Gasteiger partial charge in [-0.2, -0.15) is 0 Å². The Bertz CT molecular complexity index is 1440. The fraction of sp³-hybridized carbons (Fsp3) is 0.486. The van der Waals surface area contributed by atoms with E-state index in [2.05, 4.69) is 36.0 Å². The molecule has 2 aromatic carbocycles. The van der Waals surface area contributed by atoms with Crippen LogP contribution in [0.1, 0.15) is 51.1 Å². The number of unbranched alkanes of at least 4 members (excludes halogenated alkanes) is 2. The molecule has 10 heteroatoms. The average molecular weight is 725 g/mol. The standard InChI is InChI=1S/C37H46BrN3O5S/c1-5-9-13-22-39(20-6-2)36(45)33-37-23-28(38)32(47-37)30(31(37)35(44)41(33)29(24-42)25-14-11-10-12-15-25)34(43)40(21-7-3)26-16-18-27(19-17-26)46-8-4/h6-7,10-12,14-19,28-33,42H,2-3,5,8-9,13,20-24H2,1,4H3/t28?,29-,30-,31+,32-,33?,37?/m1/s1. The van der Waals surface area contributed by atoms with Gasteiger partial charge in [0.2, 0.25) is 17.7 Å². The fourth-order valence-electron chi connectivity index (χ4n) is 7.69. The number of halogens is 1. The smallest absolute Gasteiger partial charge is 0.247 e. The summed E-state index contributed by atoms with van der Waals surface area (Å²) < 4.78 is 4.77. The van der Waals surface area contributed by atoms with Crippen molar-refractivity contribution in [1.82, 2.24) is 9.80 Å². The van der Waals surface area contributed by atoms with E-state index in [-0.39, 0.29) is 41.0 Å². The molecule has 47 heavy (non-hydrogen) atoms. The quantitative estimate of drug-likeness (QED) is 0.130. The van der Waals surface area contributed by atoms with Crippen LogP contribution >= 0.6 is 27.7 Å². The van der Waals surface area contributed by atoms with Crippen LogP contribution in [0.5, 0.6) is 5.75 Å². The van der Waals surface area contributed by atoms with E-state index in [1.165, 1.54) is 0 Å². The normalized spacial score (nSPS) is 26.5. The topological polar surface area (TPSA) is 90.4 Å². The van der Waals surface area contributed by atoms with Crippen molar-refractivity contribution < 1.29 is 24.2 Å². The highest BCUT2D eigenvalue weighted by Gasteiger charge is 2.76. The van der Waals surface area contributed by atoms with E-state index < -0.39 is 28.7 Å². The van der Waals surface area contributed by atoms with Crippen LogP contribution in [0.25, 0.3) is 0 Å². The molecule has 2 bridgehead atoms. The number of rotatable bonds is 16. The molecule has 7 atom stereocenters. The number of hydrogen-bond acceptors (Lipinski definition) is 6. The Hall–Kier alpha value is -3.08. The van der Waals surface area contributed by atoms with Crippen molar-refractivity contribution in [3.63, 3.8) is 0 Å². The van der Waals surface area contributed by atoms with Gasteiger partial charge in [0.1, 0.15) is 11.8 Å². The minimum Gasteiger partial charge on any atom is -0.494 e. The number of anilines is 1. The summed E-state index contributed by atoms with van der Waals surface area (Å²) in [6.07, 6.45) is 6.80. The van der Waals surface area contributed by atoms with E-state index in [0.717, 1.165) is 24.8 Å². The predicted molar refractivity (Wildman–Crippen MR) is 192 cm³/mol. The Morgan fingerprint density at radius 2 is 1.79 bits per heavy atom. The lowest BCUT2D eigenvalue weighted by Gasteiger charge is -2.40. The lowest BCUT2D eigenvalue weighted by atomic mass is 9.70. The second kappa shape index (κ2) is 15.4. The molecule has 0 saturated carbocycles. The summed E-state index contributed by atoms with van der Waals surface area (Å²) >= 11 is 5.50. The number of aliphatic hydroxyl groups excluding tert-OH is 1. The highest BCUT2D eigenvalue weighted by atomic mass is 79.9. The van der Waals surface area contributed by atoms with Gasteiger partial charge in [-0.25, -0.2) is 0 Å². The maximum atomic E-state index is 14.9. The third-order valence-corrected chi connectivity index (χ3v) is 12.9. The van der Waals surface area contributed by atoms with Crippen LogP contribution in [0.4, 0.5) is 5.69 Å². The van der Waals surface area contributed by atoms with Crippen molar-refractivity contribution in [3.8, 4) is 5.75 Å². The number of hydrogen-bond donors (Lipinski definition) is 1. The van der Waals surface area contributed by atoms with Crippen LogP contribution in [0.15, 0.2) is 79.9 Å². The van der Waals surface area contributed by atoms with Crippen LogP contribution in [0.2, 0.25) is 0 Å². The number of ether oxygens (including phenoxy) is 1. The second-order valence-electron chi connectivity index (χ2n) is 12.5. The van der Waals surface area contributed by atoms with Gasteiger partial charge in [0.15, 0.2) is 0 Å². The molecule has 3 heterocycles. The van der Waals surface area contributed by atoms with Gasteiger partial charge < -0.3 is 24.5 Å². The zero-order valence-electron chi connectivity index (χ0n) is 27.3. The molecule has 3 unspecified atom stereocenters. The minimum atomic E-state index is -0.856. The Morgan fingerprint density at radius 3 is 2.40 bits per heavy atom. The maximum Gasteiger partial charge on any atom is 0.247 e. The Balaban J connectivity index is 1.59. The van der Waals surface area contributed by atoms with Gasteiger partial charge in [-0.3, -0.25) is 14.4 Å². The van der Waals surface area contributed by atoms with Gasteiger partial charge in [0, 0.05) is 35.4 Å². The van der Waals surface area contributed by atoms with Crippen LogP contribution in [-0.4, -0.2) is 86.3 Å². The van der Waals surface area contributed by atoms with Gasteiger partial charge in [-0.15, -0.1) is 24.9 Å². The van der Waals surface area contributed by atoms with E-state index in [1.54, 1.807) is 38.6 Å². The molecule has 0 radical (unpaired) electrons. The lowest BCUT2D eigenvalue weighted by Crippen LogP contribution is -2.56. The van der Waals surface area contributed by atoms with Gasteiger partial charge >= 0.3 is 0 Å². The van der Waals surface area contributed by atoms with Gasteiger partial charge in [-0.1, -0.05) is 78.2 Å². The van der Waals surface area contributed by atoms with Crippen LogP contribution in [0, 0.1) is 11.8 Å². The molecule has 0 aromatic heterocycles. The molecule has 8 nitrogen and oxygen atoms in total. The van der Waals surface area contributed by atoms with Gasteiger partial charge in [0.05, 0.1) is 35.8 Å². The summed E-state index contributed by atoms with van der Waals surface area (Å²) in [5.41, 5.74) is 1.44. The summed E-state index contributed by atoms with van der Waals surface area (Å²) in [5, 5.41) is 10.6. The van der Waals surface area contributed by atoms with E-state index in [9.17, 15) is 19.5 Å². The Kier molecular flexibility index (Phi) is 11.6. The first-order valence-electron chi connectivity index (χ1n) is 16.6. The molecule has 3 aliphatic heterocycles. The molecule has 1 spiro atoms. The number of carbonyl (C=O) groups is 3. The SMILES string of the molecule is C=CCN(CCCCC)C(=O)C1N([C@H](CO)c2ccccc2)C(=O)[C@@H]2[C@@H](C(=O)N(CC=C)c3ccc(OCC)cc3)[C@@H]3SC12CC3Br. The zero-order valence-corrected chi connectivity index (χ0v) is 29.7. The first-order valence-corrected chi connectivity index (χ1v) is 18.4. The molecule has 0 aliphatic carbocycles. The van der Waals surface area contributed by atoms with Crippen LogP contribution in [-0.2, 0) is 14.4 Å². The van der Waals surface area contributed by atoms with Crippen molar-refractivity contribution >= 4 is 51.1 Å². The minimum absolute atomic E-state index is 0.0797. The number of amides is 3. The average Bonchev–Trinajstić information content (AvgIpc) is 3.67. The fourth-order valence-corrected chi connectivity index (χ4v) is 11.3. The van der Waals surface area contributed by atoms with E-state index in [4.69, 9.17) is 4.74 Å². The first-order chi connectivity index (χ1) is 22.8. The molecule has 3 amide bonds. The Morgan fingerprint density at radius 1 is 1.09 bits per heavy atom. The molecule has 3 fully saturated rings. The number of likely N-dealkylation sites (tertiary alicyclic amines) is 1. The monoisotopic (exact) mass is 723 g/mol. The van der Waals surface area contributed by atoms with E-state index in [1.807, 2.05) is 61.5 Å². The Labute approximate surface area is 291 Å².